The quantitative estimate of drug-likeness (QED) is 0.914. The van der Waals surface area contributed by atoms with Gasteiger partial charge < -0.3 is 9.84 Å². The second-order valence-corrected chi connectivity index (χ2v) is 6.47. The molecule has 0 radical (unpaired) electrons. The van der Waals surface area contributed by atoms with Gasteiger partial charge in [0.2, 0.25) is 0 Å². The van der Waals surface area contributed by atoms with Crippen LogP contribution in [0.15, 0.2) is 42.7 Å². The van der Waals surface area contributed by atoms with Crippen LogP contribution < -0.4 is 0 Å². The molecule has 0 aliphatic carbocycles. The molecule has 1 saturated heterocycles. The highest BCUT2D eigenvalue weighted by Gasteiger charge is 2.37. The van der Waals surface area contributed by atoms with E-state index in [9.17, 15) is 9.50 Å². The second kappa shape index (κ2) is 7.38. The Morgan fingerprint density at radius 1 is 1.29 bits per heavy atom. The van der Waals surface area contributed by atoms with Gasteiger partial charge in [0, 0.05) is 38.4 Å². The van der Waals surface area contributed by atoms with Crippen molar-refractivity contribution in [2.45, 2.75) is 25.5 Å². The van der Waals surface area contributed by atoms with Gasteiger partial charge in [-0.1, -0.05) is 18.2 Å². The summed E-state index contributed by atoms with van der Waals surface area (Å²) in [5, 5.41) is 9.95. The Hall–Kier alpha value is -1.82. The van der Waals surface area contributed by atoms with Crippen LogP contribution in [0.1, 0.15) is 16.7 Å². The van der Waals surface area contributed by atoms with E-state index >= 15 is 0 Å². The molecule has 1 aromatic heterocycles. The van der Waals surface area contributed by atoms with Crippen LogP contribution in [0.3, 0.4) is 0 Å². The zero-order chi connectivity index (χ0) is 17.0. The van der Waals surface area contributed by atoms with E-state index in [1.165, 1.54) is 11.6 Å². The summed E-state index contributed by atoms with van der Waals surface area (Å²) in [6.07, 6.45) is 4.01. The normalized spacial score (nSPS) is 21.8. The smallest absolute Gasteiger partial charge is 0.126 e. The molecule has 0 spiro atoms. The molecule has 1 N–H and O–H groups in total. The van der Waals surface area contributed by atoms with Crippen molar-refractivity contribution in [3.05, 3.63) is 65.2 Å². The predicted molar refractivity (Wildman–Crippen MR) is 90.1 cm³/mol. The number of aliphatic hydroxyl groups excluding tert-OH is 1. The van der Waals surface area contributed by atoms with E-state index in [2.05, 4.69) is 9.88 Å². The first kappa shape index (κ1) is 17.0. The van der Waals surface area contributed by atoms with Gasteiger partial charge in [-0.25, -0.2) is 4.39 Å². The lowest BCUT2D eigenvalue weighted by molar-refractivity contribution is -0.134. The van der Waals surface area contributed by atoms with Crippen LogP contribution in [-0.2, 0) is 17.7 Å². The molecule has 1 atom stereocenters. The lowest BCUT2D eigenvalue weighted by Crippen LogP contribution is -2.55. The molecule has 1 aliphatic rings. The minimum Gasteiger partial charge on any atom is -0.393 e. The zero-order valence-corrected chi connectivity index (χ0v) is 13.9. The molecule has 0 saturated carbocycles. The third kappa shape index (κ3) is 3.80. The Balaban J connectivity index is 1.74. The Morgan fingerprint density at radius 3 is 2.88 bits per heavy atom. The summed E-state index contributed by atoms with van der Waals surface area (Å²) in [5.74, 6) is -0.254. The number of hydrogen-bond donors (Lipinski definition) is 1. The van der Waals surface area contributed by atoms with Crippen LogP contribution in [0.4, 0.5) is 4.39 Å². The topological polar surface area (TPSA) is 45.6 Å². The molecule has 0 bridgehead atoms. The molecule has 2 aromatic rings. The Morgan fingerprint density at radius 2 is 2.12 bits per heavy atom. The molecular weight excluding hydrogens is 307 g/mol. The fourth-order valence-corrected chi connectivity index (χ4v) is 3.23. The van der Waals surface area contributed by atoms with Crippen LogP contribution in [0.2, 0.25) is 0 Å². The number of nitrogens with zero attached hydrogens (tertiary/aromatic N) is 2. The Kier molecular flexibility index (Phi) is 5.23. The first-order valence-electron chi connectivity index (χ1n) is 8.22. The number of aliphatic hydroxyl groups is 1. The van der Waals surface area contributed by atoms with Crippen molar-refractivity contribution in [3.63, 3.8) is 0 Å². The Labute approximate surface area is 141 Å². The third-order valence-corrected chi connectivity index (χ3v) is 4.62. The number of pyridine rings is 1. The predicted octanol–water partition coefficient (Wildman–Crippen LogP) is 2.34. The Bertz CT molecular complexity index is 695. The summed E-state index contributed by atoms with van der Waals surface area (Å²) in [6, 6.07) is 8.70. The first-order valence-corrected chi connectivity index (χ1v) is 8.22. The molecule has 128 valence electrons. The molecule has 1 aromatic carbocycles. The van der Waals surface area contributed by atoms with Crippen molar-refractivity contribution in [2.24, 2.45) is 0 Å². The molecule has 0 amide bonds. The molecule has 1 aliphatic heterocycles. The lowest BCUT2D eigenvalue weighted by Gasteiger charge is -2.42. The first-order chi connectivity index (χ1) is 11.6. The van der Waals surface area contributed by atoms with E-state index in [-0.39, 0.29) is 12.4 Å². The maximum Gasteiger partial charge on any atom is 0.126 e. The summed E-state index contributed by atoms with van der Waals surface area (Å²) in [4.78, 5) is 6.38. The van der Waals surface area contributed by atoms with Crippen molar-refractivity contribution in [2.75, 3.05) is 26.3 Å². The number of hydrogen-bond acceptors (Lipinski definition) is 4. The average molecular weight is 330 g/mol. The fourth-order valence-electron chi connectivity index (χ4n) is 3.23. The largest absolute Gasteiger partial charge is 0.393 e. The van der Waals surface area contributed by atoms with Crippen LogP contribution in [0.25, 0.3) is 0 Å². The van der Waals surface area contributed by atoms with Crippen LogP contribution in [0, 0.1) is 12.7 Å². The van der Waals surface area contributed by atoms with E-state index in [1.54, 1.807) is 18.3 Å². The number of morpholine rings is 1. The lowest BCUT2D eigenvalue weighted by atomic mass is 9.92. The van der Waals surface area contributed by atoms with Gasteiger partial charge in [-0.2, -0.15) is 0 Å². The second-order valence-electron chi connectivity index (χ2n) is 6.47. The molecule has 24 heavy (non-hydrogen) atoms. The summed E-state index contributed by atoms with van der Waals surface area (Å²) in [7, 11) is 0. The minimum absolute atomic E-state index is 0.132. The molecule has 5 heteroatoms. The van der Waals surface area contributed by atoms with E-state index in [0.717, 1.165) is 18.7 Å². The van der Waals surface area contributed by atoms with Gasteiger partial charge >= 0.3 is 0 Å². The van der Waals surface area contributed by atoms with Gasteiger partial charge in [0.05, 0.1) is 13.2 Å². The van der Waals surface area contributed by atoms with E-state index < -0.39 is 5.60 Å². The number of ether oxygens (including phenoxy) is 1. The maximum atomic E-state index is 14.0. The van der Waals surface area contributed by atoms with Crippen LogP contribution >= 0.6 is 0 Å². The zero-order valence-electron chi connectivity index (χ0n) is 13.9. The van der Waals surface area contributed by atoms with Crippen LogP contribution in [0.5, 0.6) is 0 Å². The summed E-state index contributed by atoms with van der Waals surface area (Å²) in [5.41, 5.74) is 2.17. The van der Waals surface area contributed by atoms with Gasteiger partial charge in [0.25, 0.3) is 0 Å². The molecule has 4 nitrogen and oxygen atoms in total. The van der Waals surface area contributed by atoms with Gasteiger partial charge in [0.15, 0.2) is 0 Å². The number of aromatic nitrogens is 1. The standard InChI is InChI=1S/C19H23FN2O2/c1-15-11-21-7-6-17(15)12-22-8-9-24-19(13-22,14-23)10-16-4-2-3-5-18(16)20/h2-7,11,23H,8-10,12-14H2,1H3/t19-/m0/s1. The van der Waals surface area contributed by atoms with E-state index in [0.29, 0.717) is 25.1 Å². The van der Waals surface area contributed by atoms with Gasteiger partial charge in [-0.15, -0.1) is 0 Å². The molecule has 2 heterocycles. The maximum absolute atomic E-state index is 14.0. The van der Waals surface area contributed by atoms with Gasteiger partial charge in [0.1, 0.15) is 11.4 Å². The molecule has 1 fully saturated rings. The SMILES string of the molecule is Cc1cnccc1CN1CCO[C@@](CO)(Cc2ccccc2F)C1. The number of benzene rings is 1. The molecule has 3 rings (SSSR count). The number of aryl methyl sites for hydroxylation is 1. The summed E-state index contributed by atoms with van der Waals surface area (Å²) >= 11 is 0. The van der Waals surface area contributed by atoms with Crippen LogP contribution in [-0.4, -0.2) is 46.9 Å². The van der Waals surface area contributed by atoms with Crippen molar-refractivity contribution in [1.82, 2.24) is 9.88 Å². The monoisotopic (exact) mass is 330 g/mol. The van der Waals surface area contributed by atoms with E-state index in [4.69, 9.17) is 4.74 Å². The minimum atomic E-state index is -0.763. The highest BCUT2D eigenvalue weighted by molar-refractivity contribution is 5.22. The van der Waals surface area contributed by atoms with Gasteiger partial charge in [-0.05, 0) is 35.7 Å². The number of rotatable bonds is 5. The highest BCUT2D eigenvalue weighted by atomic mass is 19.1. The summed E-state index contributed by atoms with van der Waals surface area (Å²) < 4.78 is 19.9. The van der Waals surface area contributed by atoms with E-state index in [1.807, 2.05) is 25.3 Å². The fraction of sp³-hybridized carbons (Fsp3) is 0.421. The highest BCUT2D eigenvalue weighted by Crippen LogP contribution is 2.25. The average Bonchev–Trinajstić information content (AvgIpc) is 2.59. The summed E-state index contributed by atoms with van der Waals surface area (Å²) in [6.45, 7) is 4.57. The van der Waals surface area contributed by atoms with Crippen molar-refractivity contribution >= 4 is 0 Å². The van der Waals surface area contributed by atoms with Crippen molar-refractivity contribution in [1.29, 1.82) is 0 Å². The van der Waals surface area contributed by atoms with Crippen molar-refractivity contribution in [3.8, 4) is 0 Å². The van der Waals surface area contributed by atoms with Crippen molar-refractivity contribution < 1.29 is 14.2 Å². The van der Waals surface area contributed by atoms with Gasteiger partial charge in [-0.3, -0.25) is 9.88 Å². The number of halogens is 1. The third-order valence-electron chi connectivity index (χ3n) is 4.62. The molecule has 0 unspecified atom stereocenters. The molecular formula is C19H23FN2O2.